The second kappa shape index (κ2) is 7.31. The molecular weight excluding hydrogens is 254 g/mol. The largest absolute Gasteiger partial charge is 0.486 e. The minimum absolute atomic E-state index is 0.0896. The summed E-state index contributed by atoms with van der Waals surface area (Å²) in [5, 5.41) is 12.7. The van der Waals surface area contributed by atoms with Crippen molar-refractivity contribution in [2.24, 2.45) is 0 Å². The van der Waals surface area contributed by atoms with Gasteiger partial charge in [0, 0.05) is 18.5 Å². The molecule has 0 unspecified atom stereocenters. The van der Waals surface area contributed by atoms with E-state index in [2.05, 4.69) is 21.9 Å². The lowest BCUT2D eigenvalue weighted by Crippen LogP contribution is -2.07. The van der Waals surface area contributed by atoms with Crippen molar-refractivity contribution in [1.82, 2.24) is 14.8 Å². The summed E-state index contributed by atoms with van der Waals surface area (Å²) in [5.41, 5.74) is 0.905. The van der Waals surface area contributed by atoms with Crippen LogP contribution in [0.5, 0.6) is 5.75 Å². The van der Waals surface area contributed by atoms with E-state index in [0.717, 1.165) is 23.7 Å². The zero-order valence-electron chi connectivity index (χ0n) is 11.4. The number of aromatic nitrogens is 3. The molecular formula is C15H17N3O2. The maximum atomic E-state index is 8.66. The molecule has 1 N–H and O–H groups in total. The SMILES string of the molecule is CCn1ncnc1COc1ccc(C#CCCO)cc1. The Bertz CT molecular complexity index is 594. The van der Waals surface area contributed by atoms with Gasteiger partial charge < -0.3 is 9.84 Å². The molecule has 0 amide bonds. The quantitative estimate of drug-likeness (QED) is 0.839. The number of hydrogen-bond donors (Lipinski definition) is 1. The Kier molecular flexibility index (Phi) is 5.15. The van der Waals surface area contributed by atoms with E-state index >= 15 is 0 Å². The van der Waals surface area contributed by atoms with Gasteiger partial charge >= 0.3 is 0 Å². The minimum Gasteiger partial charge on any atom is -0.486 e. The maximum absolute atomic E-state index is 8.66. The Morgan fingerprint density at radius 1 is 1.30 bits per heavy atom. The highest BCUT2D eigenvalue weighted by Crippen LogP contribution is 2.13. The Labute approximate surface area is 118 Å². The lowest BCUT2D eigenvalue weighted by molar-refractivity contribution is 0.287. The van der Waals surface area contributed by atoms with Crippen LogP contribution in [-0.2, 0) is 13.2 Å². The fourth-order valence-corrected chi connectivity index (χ4v) is 1.67. The third-order valence-electron chi connectivity index (χ3n) is 2.69. The summed E-state index contributed by atoms with van der Waals surface area (Å²) in [7, 11) is 0. The van der Waals surface area contributed by atoms with Crippen molar-refractivity contribution in [3.8, 4) is 17.6 Å². The second-order valence-corrected chi connectivity index (χ2v) is 4.08. The predicted molar refractivity (Wildman–Crippen MR) is 75.1 cm³/mol. The molecule has 0 fully saturated rings. The van der Waals surface area contributed by atoms with Crippen molar-refractivity contribution >= 4 is 0 Å². The topological polar surface area (TPSA) is 60.2 Å². The summed E-state index contributed by atoms with van der Waals surface area (Å²) in [6.45, 7) is 3.27. The first-order chi connectivity index (χ1) is 9.83. The molecule has 1 aromatic carbocycles. The van der Waals surface area contributed by atoms with Crippen LogP contribution < -0.4 is 4.74 Å². The molecule has 5 nitrogen and oxygen atoms in total. The van der Waals surface area contributed by atoms with Crippen molar-refractivity contribution in [2.45, 2.75) is 26.5 Å². The molecule has 1 aromatic heterocycles. The second-order valence-electron chi connectivity index (χ2n) is 4.08. The number of rotatable bonds is 5. The third-order valence-corrected chi connectivity index (χ3v) is 2.69. The zero-order valence-corrected chi connectivity index (χ0v) is 11.4. The zero-order chi connectivity index (χ0) is 14.2. The van der Waals surface area contributed by atoms with Crippen LogP contribution in [0.15, 0.2) is 30.6 Å². The van der Waals surface area contributed by atoms with Crippen LogP contribution in [0.25, 0.3) is 0 Å². The van der Waals surface area contributed by atoms with Gasteiger partial charge in [0.05, 0.1) is 6.61 Å². The van der Waals surface area contributed by atoms with Gasteiger partial charge in [0.1, 0.15) is 18.7 Å². The Morgan fingerprint density at radius 3 is 2.80 bits per heavy atom. The maximum Gasteiger partial charge on any atom is 0.164 e. The Hall–Kier alpha value is -2.32. The van der Waals surface area contributed by atoms with Gasteiger partial charge in [-0.3, -0.25) is 0 Å². The van der Waals surface area contributed by atoms with Gasteiger partial charge in [-0.05, 0) is 31.2 Å². The van der Waals surface area contributed by atoms with Crippen LogP contribution in [0, 0.1) is 11.8 Å². The van der Waals surface area contributed by atoms with E-state index in [1.807, 2.05) is 31.2 Å². The normalized spacial score (nSPS) is 9.90. The minimum atomic E-state index is 0.0896. The average molecular weight is 271 g/mol. The van der Waals surface area contributed by atoms with Crippen LogP contribution in [-0.4, -0.2) is 26.5 Å². The first-order valence-electron chi connectivity index (χ1n) is 6.52. The molecule has 0 spiro atoms. The van der Waals surface area contributed by atoms with E-state index < -0.39 is 0 Å². The lowest BCUT2D eigenvalue weighted by atomic mass is 10.2. The molecule has 104 valence electrons. The van der Waals surface area contributed by atoms with Gasteiger partial charge in [0.2, 0.25) is 0 Å². The molecule has 2 aromatic rings. The number of nitrogens with zero attached hydrogens (tertiary/aromatic N) is 3. The van der Waals surface area contributed by atoms with Crippen molar-refractivity contribution in [2.75, 3.05) is 6.61 Å². The Morgan fingerprint density at radius 2 is 2.10 bits per heavy atom. The summed E-state index contributed by atoms with van der Waals surface area (Å²) in [4.78, 5) is 4.15. The number of aliphatic hydroxyl groups is 1. The molecule has 0 saturated carbocycles. The summed E-state index contributed by atoms with van der Waals surface area (Å²) in [6, 6.07) is 7.53. The Balaban J connectivity index is 1.93. The van der Waals surface area contributed by atoms with Crippen molar-refractivity contribution in [1.29, 1.82) is 0 Å². The smallest absolute Gasteiger partial charge is 0.164 e. The highest BCUT2D eigenvalue weighted by atomic mass is 16.5. The highest BCUT2D eigenvalue weighted by molar-refractivity contribution is 5.38. The molecule has 0 bridgehead atoms. The molecule has 5 heteroatoms. The van der Waals surface area contributed by atoms with Crippen LogP contribution in [0.2, 0.25) is 0 Å². The van der Waals surface area contributed by atoms with Crippen LogP contribution in [0.1, 0.15) is 24.7 Å². The van der Waals surface area contributed by atoms with E-state index in [9.17, 15) is 0 Å². The molecule has 20 heavy (non-hydrogen) atoms. The molecule has 0 aliphatic heterocycles. The molecule has 0 aliphatic rings. The fourth-order valence-electron chi connectivity index (χ4n) is 1.67. The van der Waals surface area contributed by atoms with Crippen molar-refractivity contribution < 1.29 is 9.84 Å². The molecule has 2 rings (SSSR count). The number of hydrogen-bond acceptors (Lipinski definition) is 4. The van der Waals surface area contributed by atoms with Crippen LogP contribution in [0.3, 0.4) is 0 Å². The first kappa shape index (κ1) is 14.1. The third kappa shape index (κ3) is 3.84. The van der Waals surface area contributed by atoms with Gasteiger partial charge in [-0.15, -0.1) is 0 Å². The molecule has 0 radical (unpaired) electrons. The van der Waals surface area contributed by atoms with Crippen LogP contribution in [0.4, 0.5) is 0 Å². The van der Waals surface area contributed by atoms with Gasteiger partial charge in [0.25, 0.3) is 0 Å². The van der Waals surface area contributed by atoms with E-state index in [0.29, 0.717) is 13.0 Å². The molecule has 1 heterocycles. The van der Waals surface area contributed by atoms with Gasteiger partial charge in [0.15, 0.2) is 5.82 Å². The predicted octanol–water partition coefficient (Wildman–Crippen LogP) is 1.61. The van der Waals surface area contributed by atoms with Gasteiger partial charge in [-0.2, -0.15) is 5.10 Å². The van der Waals surface area contributed by atoms with Crippen molar-refractivity contribution in [3.05, 3.63) is 42.0 Å². The van der Waals surface area contributed by atoms with Crippen molar-refractivity contribution in [3.63, 3.8) is 0 Å². The highest BCUT2D eigenvalue weighted by Gasteiger charge is 2.03. The summed E-state index contributed by atoms with van der Waals surface area (Å²) >= 11 is 0. The monoisotopic (exact) mass is 271 g/mol. The van der Waals surface area contributed by atoms with Gasteiger partial charge in [-0.25, -0.2) is 9.67 Å². The van der Waals surface area contributed by atoms with E-state index in [4.69, 9.17) is 9.84 Å². The summed E-state index contributed by atoms with van der Waals surface area (Å²) in [6.07, 6.45) is 2.02. The number of aliphatic hydroxyl groups excluding tert-OH is 1. The molecule has 0 saturated heterocycles. The van der Waals surface area contributed by atoms with Gasteiger partial charge in [-0.1, -0.05) is 11.8 Å². The fraction of sp³-hybridized carbons (Fsp3) is 0.333. The van der Waals surface area contributed by atoms with E-state index in [1.165, 1.54) is 6.33 Å². The van der Waals surface area contributed by atoms with E-state index in [1.54, 1.807) is 4.68 Å². The van der Waals surface area contributed by atoms with E-state index in [-0.39, 0.29) is 6.61 Å². The standard InChI is InChI=1S/C15H17N3O2/c1-2-18-15(16-12-17-18)11-20-14-8-6-13(7-9-14)5-3-4-10-19/h6-9,12,19H,2,4,10-11H2,1H3. The molecule has 0 aliphatic carbocycles. The first-order valence-corrected chi connectivity index (χ1v) is 6.52. The summed E-state index contributed by atoms with van der Waals surface area (Å²) in [5.74, 6) is 7.42. The lowest BCUT2D eigenvalue weighted by Gasteiger charge is -2.06. The number of ether oxygens (including phenoxy) is 1. The number of aryl methyl sites for hydroxylation is 1. The summed E-state index contributed by atoms with van der Waals surface area (Å²) < 4.78 is 7.46. The molecule has 0 atom stereocenters. The average Bonchev–Trinajstić information content (AvgIpc) is 2.94. The number of benzene rings is 1. The van der Waals surface area contributed by atoms with Crippen LogP contribution >= 0.6 is 0 Å².